The first-order valence-corrected chi connectivity index (χ1v) is 7.44. The number of anilines is 2. The molecule has 7 nitrogen and oxygen atoms in total. The lowest BCUT2D eigenvalue weighted by molar-refractivity contribution is -0.383. The largest absolute Gasteiger partial charge is 0.354 e. The van der Waals surface area contributed by atoms with Crippen molar-refractivity contribution in [1.82, 2.24) is 9.97 Å². The Bertz CT molecular complexity index is 434. The highest BCUT2D eigenvalue weighted by molar-refractivity contribution is 5.70. The van der Waals surface area contributed by atoms with Gasteiger partial charge in [-0.3, -0.25) is 10.1 Å². The molecule has 0 saturated heterocycles. The minimum atomic E-state index is -0.379. The Morgan fingerprint density at radius 3 is 1.81 bits per heavy atom. The van der Waals surface area contributed by atoms with Gasteiger partial charge in [-0.25, -0.2) is 9.97 Å². The molecule has 0 radical (unpaired) electrons. The maximum atomic E-state index is 11.5. The molecule has 0 aromatic carbocycles. The summed E-state index contributed by atoms with van der Waals surface area (Å²) >= 11 is 0. The number of nitrogens with zero attached hydrogens (tertiary/aromatic N) is 5. The summed E-state index contributed by atoms with van der Waals surface area (Å²) in [5, 5.41) is 11.5. The highest BCUT2D eigenvalue weighted by Crippen LogP contribution is 2.33. The SMILES string of the molecule is CCCCN(C)c1ncnc(N(C)CCCC)c1[N+](=O)[O-]. The zero-order valence-corrected chi connectivity index (χ0v) is 13.4. The molecule has 1 aromatic rings. The van der Waals surface area contributed by atoms with E-state index in [1.54, 1.807) is 0 Å². The second-order valence-electron chi connectivity index (χ2n) is 5.18. The molecule has 0 aliphatic heterocycles. The average Bonchev–Trinajstić information content (AvgIpc) is 2.49. The molecule has 0 unspecified atom stereocenters. The Morgan fingerprint density at radius 1 is 1.05 bits per heavy atom. The van der Waals surface area contributed by atoms with Crippen molar-refractivity contribution < 1.29 is 4.92 Å². The van der Waals surface area contributed by atoms with Crippen molar-refractivity contribution in [2.45, 2.75) is 39.5 Å². The van der Waals surface area contributed by atoms with Crippen LogP contribution in [0.1, 0.15) is 39.5 Å². The van der Waals surface area contributed by atoms with Gasteiger partial charge in [0, 0.05) is 27.2 Å². The van der Waals surface area contributed by atoms with Crippen LogP contribution in [-0.4, -0.2) is 42.1 Å². The van der Waals surface area contributed by atoms with E-state index in [9.17, 15) is 10.1 Å². The predicted octanol–water partition coefficient (Wildman–Crippen LogP) is 2.86. The van der Waals surface area contributed by atoms with Crippen LogP contribution >= 0.6 is 0 Å². The Labute approximate surface area is 126 Å². The third-order valence-corrected chi connectivity index (χ3v) is 3.38. The smallest absolute Gasteiger partial charge is 0.353 e. The summed E-state index contributed by atoms with van der Waals surface area (Å²) in [5.41, 5.74) is -0.00490. The lowest BCUT2D eigenvalue weighted by Crippen LogP contribution is -2.25. The number of unbranched alkanes of at least 4 members (excludes halogenated alkanes) is 2. The topological polar surface area (TPSA) is 75.4 Å². The van der Waals surface area contributed by atoms with Crippen molar-refractivity contribution >= 4 is 17.3 Å². The molecule has 1 heterocycles. The van der Waals surface area contributed by atoms with E-state index in [0.29, 0.717) is 11.6 Å². The molecule has 21 heavy (non-hydrogen) atoms. The first kappa shape index (κ1) is 17.1. The van der Waals surface area contributed by atoms with Gasteiger partial charge in [0.1, 0.15) is 6.33 Å². The molecule has 0 atom stereocenters. The fourth-order valence-electron chi connectivity index (χ4n) is 2.08. The molecule has 0 spiro atoms. The summed E-state index contributed by atoms with van der Waals surface area (Å²) in [7, 11) is 3.67. The van der Waals surface area contributed by atoms with E-state index in [1.807, 2.05) is 23.9 Å². The van der Waals surface area contributed by atoms with Crippen molar-refractivity contribution in [2.24, 2.45) is 0 Å². The van der Waals surface area contributed by atoms with E-state index in [-0.39, 0.29) is 10.6 Å². The summed E-state index contributed by atoms with van der Waals surface area (Å²) in [6.07, 6.45) is 5.42. The summed E-state index contributed by atoms with van der Waals surface area (Å²) in [6.45, 7) is 5.66. The summed E-state index contributed by atoms with van der Waals surface area (Å²) < 4.78 is 0. The van der Waals surface area contributed by atoms with Gasteiger partial charge in [-0.1, -0.05) is 26.7 Å². The molecule has 0 bridgehead atoms. The fraction of sp³-hybridized carbons (Fsp3) is 0.714. The van der Waals surface area contributed by atoms with Crippen LogP contribution < -0.4 is 9.80 Å². The molecule has 0 fully saturated rings. The fourth-order valence-corrected chi connectivity index (χ4v) is 2.08. The molecule has 0 N–H and O–H groups in total. The Balaban J connectivity index is 3.12. The quantitative estimate of drug-likeness (QED) is 0.515. The maximum Gasteiger partial charge on any atom is 0.353 e. The average molecular weight is 295 g/mol. The highest BCUT2D eigenvalue weighted by atomic mass is 16.6. The van der Waals surface area contributed by atoms with Gasteiger partial charge in [0.2, 0.25) is 11.6 Å². The lowest BCUT2D eigenvalue weighted by Gasteiger charge is -2.21. The van der Waals surface area contributed by atoms with Crippen LogP contribution in [0.4, 0.5) is 17.3 Å². The summed E-state index contributed by atoms with van der Waals surface area (Å²) in [4.78, 5) is 23.0. The Kier molecular flexibility index (Phi) is 6.84. The molecule has 0 aliphatic carbocycles. The molecule has 1 aromatic heterocycles. The molecule has 7 heteroatoms. The standard InChI is InChI=1S/C14H25N5O2/c1-5-7-9-17(3)13-12(19(20)21)14(16-11-15-13)18(4)10-8-6-2/h11H,5-10H2,1-4H3. The van der Waals surface area contributed by atoms with Crippen LogP contribution in [-0.2, 0) is 0 Å². The number of nitro groups is 1. The lowest BCUT2D eigenvalue weighted by atomic mass is 10.3. The minimum absolute atomic E-state index is 0.00490. The van der Waals surface area contributed by atoms with E-state index in [2.05, 4.69) is 23.8 Å². The van der Waals surface area contributed by atoms with Crippen LogP contribution in [0.2, 0.25) is 0 Å². The monoisotopic (exact) mass is 295 g/mol. The third-order valence-electron chi connectivity index (χ3n) is 3.38. The van der Waals surface area contributed by atoms with Crippen LogP contribution in [0.25, 0.3) is 0 Å². The van der Waals surface area contributed by atoms with Crippen molar-refractivity contribution in [1.29, 1.82) is 0 Å². The van der Waals surface area contributed by atoms with Crippen molar-refractivity contribution in [3.05, 3.63) is 16.4 Å². The number of aromatic nitrogens is 2. The first-order valence-electron chi connectivity index (χ1n) is 7.44. The molecule has 1 rings (SSSR count). The van der Waals surface area contributed by atoms with Gasteiger partial charge < -0.3 is 9.80 Å². The van der Waals surface area contributed by atoms with Gasteiger partial charge in [-0.05, 0) is 12.8 Å². The summed E-state index contributed by atoms with van der Waals surface area (Å²) in [5.74, 6) is 0.781. The Hall–Kier alpha value is -1.92. The Morgan fingerprint density at radius 2 is 1.48 bits per heavy atom. The third kappa shape index (κ3) is 4.54. The van der Waals surface area contributed by atoms with Gasteiger partial charge in [-0.15, -0.1) is 0 Å². The van der Waals surface area contributed by atoms with E-state index in [0.717, 1.165) is 38.8 Å². The molecule has 0 amide bonds. The van der Waals surface area contributed by atoms with Gasteiger partial charge in [-0.2, -0.15) is 0 Å². The normalized spacial score (nSPS) is 10.5. The van der Waals surface area contributed by atoms with Crippen LogP contribution in [0.3, 0.4) is 0 Å². The molecule has 0 saturated carbocycles. The van der Waals surface area contributed by atoms with Crippen molar-refractivity contribution in [2.75, 3.05) is 37.0 Å². The predicted molar refractivity (Wildman–Crippen MR) is 85.0 cm³/mol. The number of hydrogen-bond donors (Lipinski definition) is 0. The molecular weight excluding hydrogens is 270 g/mol. The molecule has 0 aliphatic rings. The minimum Gasteiger partial charge on any atom is -0.354 e. The van der Waals surface area contributed by atoms with Gasteiger partial charge in [0.05, 0.1) is 4.92 Å². The first-order chi connectivity index (χ1) is 10.0. The van der Waals surface area contributed by atoms with E-state index in [4.69, 9.17) is 0 Å². The zero-order chi connectivity index (χ0) is 15.8. The van der Waals surface area contributed by atoms with E-state index < -0.39 is 0 Å². The maximum absolute atomic E-state index is 11.5. The number of hydrogen-bond acceptors (Lipinski definition) is 6. The van der Waals surface area contributed by atoms with Gasteiger partial charge in [0.25, 0.3) is 0 Å². The van der Waals surface area contributed by atoms with Crippen molar-refractivity contribution in [3.8, 4) is 0 Å². The van der Waals surface area contributed by atoms with E-state index >= 15 is 0 Å². The van der Waals surface area contributed by atoms with Crippen LogP contribution in [0.15, 0.2) is 6.33 Å². The second kappa shape index (κ2) is 8.39. The second-order valence-corrected chi connectivity index (χ2v) is 5.18. The van der Waals surface area contributed by atoms with Crippen LogP contribution in [0, 0.1) is 10.1 Å². The van der Waals surface area contributed by atoms with Gasteiger partial charge >= 0.3 is 5.69 Å². The van der Waals surface area contributed by atoms with E-state index in [1.165, 1.54) is 6.33 Å². The van der Waals surface area contributed by atoms with Crippen molar-refractivity contribution in [3.63, 3.8) is 0 Å². The molecule has 118 valence electrons. The summed E-state index contributed by atoms with van der Waals surface area (Å²) in [6, 6.07) is 0. The zero-order valence-electron chi connectivity index (χ0n) is 13.4. The highest BCUT2D eigenvalue weighted by Gasteiger charge is 2.27. The number of rotatable bonds is 9. The van der Waals surface area contributed by atoms with Gasteiger partial charge in [0.15, 0.2) is 0 Å². The van der Waals surface area contributed by atoms with Crippen LogP contribution in [0.5, 0.6) is 0 Å². The molecular formula is C14H25N5O2.